The van der Waals surface area contributed by atoms with Gasteiger partial charge >= 0.3 is 0 Å². The Hall–Kier alpha value is -1.49. The first-order valence-electron chi connectivity index (χ1n) is 8.12. The molecule has 1 saturated heterocycles. The lowest BCUT2D eigenvalue weighted by Gasteiger charge is -2.15. The quantitative estimate of drug-likeness (QED) is 0.305. The fourth-order valence-corrected chi connectivity index (χ4v) is 4.76. The van der Waals surface area contributed by atoms with Gasteiger partial charge in [-0.2, -0.15) is 0 Å². The van der Waals surface area contributed by atoms with E-state index in [-0.39, 0.29) is 11.7 Å². The van der Waals surface area contributed by atoms with Crippen LogP contribution in [-0.4, -0.2) is 29.1 Å². The first kappa shape index (κ1) is 21.2. The number of nitrogens with zero attached hydrogens (tertiary/aromatic N) is 1. The second-order valence-electron chi connectivity index (χ2n) is 5.62. The molecule has 1 fully saturated rings. The van der Waals surface area contributed by atoms with Crippen molar-refractivity contribution in [2.75, 3.05) is 18.6 Å². The highest BCUT2D eigenvalue weighted by atomic mass is 127. The van der Waals surface area contributed by atoms with Crippen molar-refractivity contribution in [2.45, 2.75) is 6.92 Å². The molecule has 0 unspecified atom stereocenters. The van der Waals surface area contributed by atoms with Crippen LogP contribution in [0.2, 0.25) is 5.02 Å². The van der Waals surface area contributed by atoms with Gasteiger partial charge in [0, 0.05) is 0 Å². The lowest BCUT2D eigenvalue weighted by atomic mass is 10.2. The number of methoxy groups -OCH3 is 1. The van der Waals surface area contributed by atoms with Gasteiger partial charge in [-0.15, -0.1) is 0 Å². The fourth-order valence-electron chi connectivity index (χ4n) is 2.58. The van der Waals surface area contributed by atoms with Crippen molar-refractivity contribution in [3.05, 3.63) is 49.4 Å². The summed E-state index contributed by atoms with van der Waals surface area (Å²) in [6, 6.07) is 8.53. The number of halogens is 2. The van der Waals surface area contributed by atoms with E-state index in [9.17, 15) is 9.90 Å². The summed E-state index contributed by atoms with van der Waals surface area (Å²) in [6.07, 6.45) is 1.73. The van der Waals surface area contributed by atoms with Crippen LogP contribution in [0.15, 0.2) is 35.2 Å². The summed E-state index contributed by atoms with van der Waals surface area (Å²) in [4.78, 5) is 14.9. The number of rotatable bonds is 5. The second kappa shape index (κ2) is 8.89. The normalized spacial score (nSPS) is 15.4. The molecule has 0 radical (unpaired) electrons. The number of anilines is 1. The van der Waals surface area contributed by atoms with E-state index in [1.54, 1.807) is 36.4 Å². The van der Waals surface area contributed by atoms with Crippen molar-refractivity contribution in [3.63, 3.8) is 0 Å². The molecule has 2 aromatic rings. The molecule has 0 atom stereocenters. The van der Waals surface area contributed by atoms with E-state index in [2.05, 4.69) is 0 Å². The molecule has 1 amide bonds. The number of hydrogen-bond donors (Lipinski definition) is 1. The lowest BCUT2D eigenvalue weighted by molar-refractivity contribution is -0.113. The van der Waals surface area contributed by atoms with Gasteiger partial charge in [0.05, 0.1) is 32.9 Å². The molecule has 0 aromatic heterocycles. The molecule has 0 spiro atoms. The van der Waals surface area contributed by atoms with Gasteiger partial charge in [-0.05, 0) is 71.5 Å². The molecule has 9 heteroatoms. The number of hydrogen-bond acceptors (Lipinski definition) is 6. The number of phenols is 1. The van der Waals surface area contributed by atoms with E-state index in [4.69, 9.17) is 33.3 Å². The third-order valence-corrected chi connectivity index (χ3v) is 6.26. The zero-order valence-corrected chi connectivity index (χ0v) is 19.4. The summed E-state index contributed by atoms with van der Waals surface area (Å²) >= 11 is 14.8. The Bertz CT molecular complexity index is 996. The molecule has 1 heterocycles. The summed E-state index contributed by atoms with van der Waals surface area (Å²) < 4.78 is 11.7. The SMILES string of the molecule is CCOc1cc(/C=C2/SC(=S)N(c3ccc(OC)c(Cl)c3)C2=O)cc(I)c1O. The van der Waals surface area contributed by atoms with Crippen LogP contribution in [0, 0.1) is 3.57 Å². The Morgan fingerprint density at radius 2 is 2.07 bits per heavy atom. The maximum Gasteiger partial charge on any atom is 0.270 e. The Labute approximate surface area is 190 Å². The molecule has 3 rings (SSSR count). The number of benzene rings is 2. The topological polar surface area (TPSA) is 59.0 Å². The average Bonchev–Trinajstić information content (AvgIpc) is 2.92. The van der Waals surface area contributed by atoms with E-state index in [1.807, 2.05) is 29.5 Å². The number of thioether (sulfide) groups is 1. The van der Waals surface area contributed by atoms with Gasteiger partial charge < -0.3 is 14.6 Å². The number of ether oxygens (including phenoxy) is 2. The summed E-state index contributed by atoms with van der Waals surface area (Å²) in [5.41, 5.74) is 1.31. The highest BCUT2D eigenvalue weighted by Gasteiger charge is 2.33. The van der Waals surface area contributed by atoms with Crippen molar-refractivity contribution >= 4 is 80.2 Å². The smallest absolute Gasteiger partial charge is 0.270 e. The summed E-state index contributed by atoms with van der Waals surface area (Å²) in [7, 11) is 1.53. The largest absolute Gasteiger partial charge is 0.504 e. The van der Waals surface area contributed by atoms with Gasteiger partial charge in [0.25, 0.3) is 5.91 Å². The minimum Gasteiger partial charge on any atom is -0.504 e. The third-order valence-electron chi connectivity index (χ3n) is 3.84. The van der Waals surface area contributed by atoms with Gasteiger partial charge in [0.2, 0.25) is 0 Å². The number of carbonyl (C=O) groups is 1. The van der Waals surface area contributed by atoms with Gasteiger partial charge in [-0.1, -0.05) is 35.6 Å². The van der Waals surface area contributed by atoms with E-state index in [1.165, 1.54) is 23.8 Å². The number of carbonyl (C=O) groups excluding carboxylic acids is 1. The molecular weight excluding hydrogens is 533 g/mol. The highest BCUT2D eigenvalue weighted by Crippen LogP contribution is 2.40. The van der Waals surface area contributed by atoms with Crippen molar-refractivity contribution in [3.8, 4) is 17.2 Å². The third kappa shape index (κ3) is 4.24. The molecule has 0 bridgehead atoms. The van der Waals surface area contributed by atoms with E-state index < -0.39 is 0 Å². The van der Waals surface area contributed by atoms with Crippen molar-refractivity contribution in [2.24, 2.45) is 0 Å². The molecular formula is C19H15ClINO4S2. The molecule has 1 aliphatic rings. The van der Waals surface area contributed by atoms with E-state index in [0.717, 1.165) is 5.56 Å². The molecule has 1 aliphatic heterocycles. The summed E-state index contributed by atoms with van der Waals surface area (Å²) in [5, 5.41) is 10.5. The fraction of sp³-hybridized carbons (Fsp3) is 0.158. The molecule has 146 valence electrons. The van der Waals surface area contributed by atoms with Gasteiger partial charge in [0.15, 0.2) is 15.8 Å². The van der Waals surface area contributed by atoms with Crippen LogP contribution in [0.1, 0.15) is 12.5 Å². The maximum absolute atomic E-state index is 12.9. The molecule has 0 saturated carbocycles. The van der Waals surface area contributed by atoms with Gasteiger partial charge in [-0.25, -0.2) is 0 Å². The first-order valence-corrected chi connectivity index (χ1v) is 10.8. The number of phenolic OH excluding ortho intramolecular Hbond substituents is 1. The summed E-state index contributed by atoms with van der Waals surface area (Å²) in [5.74, 6) is 0.740. The van der Waals surface area contributed by atoms with Crippen LogP contribution in [-0.2, 0) is 4.79 Å². The van der Waals surface area contributed by atoms with E-state index in [0.29, 0.717) is 41.6 Å². The minimum absolute atomic E-state index is 0.0834. The highest BCUT2D eigenvalue weighted by molar-refractivity contribution is 14.1. The predicted molar refractivity (Wildman–Crippen MR) is 126 cm³/mol. The summed E-state index contributed by atoms with van der Waals surface area (Å²) in [6.45, 7) is 2.26. The van der Waals surface area contributed by atoms with Crippen LogP contribution in [0.5, 0.6) is 17.2 Å². The van der Waals surface area contributed by atoms with Crippen molar-refractivity contribution in [1.82, 2.24) is 0 Å². The van der Waals surface area contributed by atoms with Crippen LogP contribution in [0.4, 0.5) is 5.69 Å². The number of thiocarbonyl (C=S) groups is 1. The Kier molecular flexibility index (Phi) is 6.74. The Balaban J connectivity index is 1.94. The maximum atomic E-state index is 12.9. The molecule has 2 aromatic carbocycles. The minimum atomic E-state index is -0.239. The average molecular weight is 548 g/mol. The van der Waals surface area contributed by atoms with E-state index >= 15 is 0 Å². The van der Waals surface area contributed by atoms with Crippen LogP contribution in [0.3, 0.4) is 0 Å². The molecule has 28 heavy (non-hydrogen) atoms. The first-order chi connectivity index (χ1) is 13.3. The van der Waals surface area contributed by atoms with Crippen LogP contribution < -0.4 is 14.4 Å². The molecule has 1 N–H and O–H groups in total. The zero-order chi connectivity index (χ0) is 20.4. The molecule has 5 nitrogen and oxygen atoms in total. The predicted octanol–water partition coefficient (Wildman–Crippen LogP) is 5.46. The lowest BCUT2D eigenvalue weighted by Crippen LogP contribution is -2.27. The number of amides is 1. The van der Waals surface area contributed by atoms with Crippen molar-refractivity contribution < 1.29 is 19.4 Å². The Morgan fingerprint density at radius 1 is 1.32 bits per heavy atom. The Morgan fingerprint density at radius 3 is 2.71 bits per heavy atom. The molecule has 0 aliphatic carbocycles. The van der Waals surface area contributed by atoms with Crippen molar-refractivity contribution in [1.29, 1.82) is 0 Å². The van der Waals surface area contributed by atoms with Gasteiger partial charge in [0.1, 0.15) is 5.75 Å². The second-order valence-corrected chi connectivity index (χ2v) is 8.86. The van der Waals surface area contributed by atoms with Gasteiger partial charge in [-0.3, -0.25) is 9.69 Å². The number of aromatic hydroxyl groups is 1. The monoisotopic (exact) mass is 547 g/mol. The standard InChI is InChI=1S/C19H15ClINO4S2/c1-3-26-15-7-10(6-13(21)17(15)23)8-16-18(24)22(19(27)28-16)11-4-5-14(25-2)12(20)9-11/h4-9,23H,3H2,1-2H3/b16-8+. The van der Waals surface area contributed by atoms with Crippen LogP contribution >= 0.6 is 58.2 Å². The van der Waals surface area contributed by atoms with Crippen LogP contribution in [0.25, 0.3) is 6.08 Å². The zero-order valence-electron chi connectivity index (χ0n) is 14.9.